The maximum atomic E-state index is 13.7. The normalized spacial score (nSPS) is 29.6. The van der Waals surface area contributed by atoms with Crippen molar-refractivity contribution in [3.8, 4) is 5.75 Å². The van der Waals surface area contributed by atoms with Crippen LogP contribution in [-0.4, -0.2) is 46.1 Å². The number of phenolic OH excluding ortho intramolecular Hbond substituents is 1. The number of likely N-dealkylation sites (tertiary alicyclic amines) is 1. The first-order valence-corrected chi connectivity index (χ1v) is 13.8. The molecule has 1 aromatic carbocycles. The van der Waals surface area contributed by atoms with E-state index in [4.69, 9.17) is 4.65 Å². The van der Waals surface area contributed by atoms with Gasteiger partial charge in [0.15, 0.2) is 0 Å². The number of carbonyl (C=O) groups is 2. The van der Waals surface area contributed by atoms with E-state index in [2.05, 4.69) is 13.8 Å². The molecule has 36 heavy (non-hydrogen) atoms. The van der Waals surface area contributed by atoms with Crippen molar-refractivity contribution in [1.82, 2.24) is 4.90 Å². The minimum atomic E-state index is -0.936. The van der Waals surface area contributed by atoms with Gasteiger partial charge < -0.3 is 14.8 Å². The number of benzene rings is 1. The Balaban J connectivity index is 1.37. The Bertz CT molecular complexity index is 1080. The third-order valence-corrected chi connectivity index (χ3v) is 8.90. The van der Waals surface area contributed by atoms with Crippen LogP contribution in [0.25, 0.3) is 6.08 Å². The van der Waals surface area contributed by atoms with E-state index in [0.29, 0.717) is 19.2 Å². The highest BCUT2D eigenvalue weighted by Gasteiger charge is 2.57. The molecule has 0 bridgehead atoms. The number of para-hydroxylation sites is 1. The highest BCUT2D eigenvalue weighted by molar-refractivity contribution is 6.43. The Morgan fingerprint density at radius 2 is 1.89 bits per heavy atom. The maximum Gasteiger partial charge on any atom is 0.455 e. The van der Waals surface area contributed by atoms with Gasteiger partial charge in [0.1, 0.15) is 5.75 Å². The second-order valence-corrected chi connectivity index (χ2v) is 11.1. The molecule has 2 aliphatic heterocycles. The number of imide groups is 1. The molecule has 2 aliphatic carbocycles. The van der Waals surface area contributed by atoms with Gasteiger partial charge in [-0.25, -0.2) is 0 Å². The number of allylic oxidation sites excluding steroid dienone is 2. The minimum absolute atomic E-state index is 0.00621. The van der Waals surface area contributed by atoms with Gasteiger partial charge in [-0.3, -0.25) is 14.5 Å². The minimum Gasteiger partial charge on any atom is -0.507 e. The molecule has 6 nitrogen and oxygen atoms in total. The lowest BCUT2D eigenvalue weighted by atomic mass is 9.58. The molecule has 3 fully saturated rings. The molecule has 2 saturated heterocycles. The van der Waals surface area contributed by atoms with E-state index in [9.17, 15) is 19.7 Å². The number of nitrogens with zero attached hydrogens (tertiary/aromatic N) is 1. The SMILES string of the molecule is CC/C(=C\c1ccccc1O)CC[C@H]1OB(O)C[C@H]2C1=C(C)C[C@H]1C(=O)N(C3CCCCC3)C(=O)[C@H]12. The number of amides is 2. The fourth-order valence-corrected chi connectivity index (χ4v) is 7.14. The fraction of sp³-hybridized carbons (Fsp3) is 0.586. The van der Waals surface area contributed by atoms with Crippen LogP contribution in [0.2, 0.25) is 6.32 Å². The molecule has 2 amide bonds. The topological polar surface area (TPSA) is 87.1 Å². The molecule has 0 spiro atoms. The monoisotopic (exact) mass is 491 g/mol. The largest absolute Gasteiger partial charge is 0.507 e. The van der Waals surface area contributed by atoms with Crippen LogP contribution in [0.5, 0.6) is 5.75 Å². The van der Waals surface area contributed by atoms with Crippen LogP contribution in [0.15, 0.2) is 41.0 Å². The molecule has 7 heteroatoms. The molecule has 0 aromatic heterocycles. The van der Waals surface area contributed by atoms with Gasteiger partial charge in [0.05, 0.1) is 17.9 Å². The summed E-state index contributed by atoms with van der Waals surface area (Å²) in [5, 5.41) is 20.9. The van der Waals surface area contributed by atoms with Crippen molar-refractivity contribution in [3.05, 3.63) is 46.5 Å². The lowest BCUT2D eigenvalue weighted by Crippen LogP contribution is -2.46. The summed E-state index contributed by atoms with van der Waals surface area (Å²) >= 11 is 0. The molecular weight excluding hydrogens is 453 g/mol. The van der Waals surface area contributed by atoms with Crippen LogP contribution in [-0.2, 0) is 14.2 Å². The molecule has 1 saturated carbocycles. The van der Waals surface area contributed by atoms with Crippen LogP contribution in [0.4, 0.5) is 0 Å². The van der Waals surface area contributed by atoms with Gasteiger partial charge in [-0.05, 0) is 69.3 Å². The zero-order valence-corrected chi connectivity index (χ0v) is 21.5. The molecule has 2 heterocycles. The van der Waals surface area contributed by atoms with Crippen molar-refractivity contribution < 1.29 is 24.4 Å². The van der Waals surface area contributed by atoms with Gasteiger partial charge in [-0.2, -0.15) is 0 Å². The van der Waals surface area contributed by atoms with Crippen molar-refractivity contribution in [2.75, 3.05) is 0 Å². The van der Waals surface area contributed by atoms with E-state index >= 15 is 0 Å². The predicted molar refractivity (Wildman–Crippen MR) is 140 cm³/mol. The number of carbonyl (C=O) groups excluding carboxylic acids is 2. The van der Waals surface area contributed by atoms with Crippen molar-refractivity contribution in [1.29, 1.82) is 0 Å². The van der Waals surface area contributed by atoms with E-state index in [-0.39, 0.29) is 47.5 Å². The first-order chi connectivity index (χ1) is 17.4. The van der Waals surface area contributed by atoms with Gasteiger partial charge in [0.25, 0.3) is 0 Å². The van der Waals surface area contributed by atoms with Crippen molar-refractivity contribution >= 4 is 25.0 Å². The quantitative estimate of drug-likeness (QED) is 0.328. The zero-order chi connectivity index (χ0) is 25.4. The number of fused-ring (bicyclic) bond motifs is 3. The molecule has 4 aliphatic rings. The third-order valence-electron chi connectivity index (χ3n) is 8.90. The summed E-state index contributed by atoms with van der Waals surface area (Å²) in [7, 11) is -0.936. The Morgan fingerprint density at radius 3 is 2.61 bits per heavy atom. The molecule has 0 unspecified atom stereocenters. The summed E-state index contributed by atoms with van der Waals surface area (Å²) in [6.07, 6.45) is 10.2. The first kappa shape index (κ1) is 25.3. The van der Waals surface area contributed by atoms with Gasteiger partial charge in [-0.15, -0.1) is 0 Å². The second-order valence-electron chi connectivity index (χ2n) is 11.1. The summed E-state index contributed by atoms with van der Waals surface area (Å²) in [4.78, 5) is 28.8. The summed E-state index contributed by atoms with van der Waals surface area (Å²) in [6, 6.07) is 7.35. The summed E-state index contributed by atoms with van der Waals surface area (Å²) in [6.45, 7) is 4.18. The zero-order valence-electron chi connectivity index (χ0n) is 21.5. The summed E-state index contributed by atoms with van der Waals surface area (Å²) in [5.74, 6) is -0.570. The number of aromatic hydroxyl groups is 1. The molecule has 5 rings (SSSR count). The van der Waals surface area contributed by atoms with E-state index in [0.717, 1.165) is 55.2 Å². The van der Waals surface area contributed by atoms with E-state index < -0.39 is 7.12 Å². The van der Waals surface area contributed by atoms with Crippen molar-refractivity contribution in [2.45, 2.75) is 90.1 Å². The average molecular weight is 491 g/mol. The van der Waals surface area contributed by atoms with Gasteiger partial charge in [0, 0.05) is 11.6 Å². The van der Waals surface area contributed by atoms with Gasteiger partial charge in [-0.1, -0.05) is 61.6 Å². The van der Waals surface area contributed by atoms with Crippen LogP contribution >= 0.6 is 0 Å². The number of hydrogen-bond donors (Lipinski definition) is 2. The number of hydrogen-bond acceptors (Lipinski definition) is 5. The molecule has 192 valence electrons. The lowest BCUT2D eigenvalue weighted by Gasteiger charge is -2.42. The van der Waals surface area contributed by atoms with Crippen LogP contribution in [0.3, 0.4) is 0 Å². The molecule has 1 aromatic rings. The standard InChI is InChI=1S/C29H38BNO5/c1-3-19(16-20-9-7-8-12-24(20)32)13-14-25-26-18(2)15-22-27(23(26)17-30(35)36-25)29(34)31(28(22)33)21-10-5-4-6-11-21/h7-9,12,16,21-23,25,27,32,35H,3-6,10-11,13-15,17H2,1-2H3/b19-16+/t22-,23+,25-,27-/m1/s1. The highest BCUT2D eigenvalue weighted by atomic mass is 16.5. The van der Waals surface area contributed by atoms with Crippen LogP contribution < -0.4 is 0 Å². The maximum absolute atomic E-state index is 13.7. The lowest BCUT2D eigenvalue weighted by molar-refractivity contribution is -0.143. The smallest absolute Gasteiger partial charge is 0.455 e. The third kappa shape index (κ3) is 4.68. The Kier molecular flexibility index (Phi) is 7.41. The van der Waals surface area contributed by atoms with Gasteiger partial charge in [0.2, 0.25) is 11.8 Å². The van der Waals surface area contributed by atoms with Crippen LogP contribution in [0.1, 0.15) is 77.2 Å². The van der Waals surface area contributed by atoms with Gasteiger partial charge >= 0.3 is 7.12 Å². The predicted octanol–water partition coefficient (Wildman–Crippen LogP) is 5.12. The second kappa shape index (κ2) is 10.5. The Morgan fingerprint density at radius 1 is 1.14 bits per heavy atom. The average Bonchev–Trinajstić information content (AvgIpc) is 3.12. The number of phenols is 1. The molecular formula is C29H38BNO5. The Labute approximate surface area is 214 Å². The molecule has 0 radical (unpaired) electrons. The Hall–Kier alpha value is -2.38. The van der Waals surface area contributed by atoms with Crippen LogP contribution in [0, 0.1) is 17.8 Å². The number of rotatable bonds is 6. The molecule has 4 atom stereocenters. The summed E-state index contributed by atoms with van der Waals surface area (Å²) < 4.78 is 6.06. The van der Waals surface area contributed by atoms with E-state index in [1.165, 1.54) is 12.0 Å². The van der Waals surface area contributed by atoms with E-state index in [1.807, 2.05) is 24.3 Å². The van der Waals surface area contributed by atoms with Crippen molar-refractivity contribution in [2.24, 2.45) is 17.8 Å². The first-order valence-electron chi connectivity index (χ1n) is 13.8. The molecule has 2 N–H and O–H groups in total. The highest BCUT2D eigenvalue weighted by Crippen LogP contribution is 2.51. The summed E-state index contributed by atoms with van der Waals surface area (Å²) in [5.41, 5.74) is 4.27. The van der Waals surface area contributed by atoms with Crippen molar-refractivity contribution in [3.63, 3.8) is 0 Å². The van der Waals surface area contributed by atoms with E-state index in [1.54, 1.807) is 11.0 Å². The fourth-order valence-electron chi connectivity index (χ4n) is 7.14.